The van der Waals surface area contributed by atoms with E-state index in [0.29, 0.717) is 19.4 Å². The van der Waals surface area contributed by atoms with Gasteiger partial charge in [0.1, 0.15) is 11.6 Å². The van der Waals surface area contributed by atoms with Gasteiger partial charge in [-0.3, -0.25) is 9.59 Å². The molecule has 0 heterocycles. The lowest BCUT2D eigenvalue weighted by atomic mass is 9.82. The predicted octanol–water partition coefficient (Wildman–Crippen LogP) is 2.24. The molecule has 0 aliphatic heterocycles. The molecule has 3 heteroatoms. The summed E-state index contributed by atoms with van der Waals surface area (Å²) in [5, 5.41) is 0. The van der Waals surface area contributed by atoms with Gasteiger partial charge >= 0.3 is 0 Å². The Morgan fingerprint density at radius 2 is 1.94 bits per heavy atom. The Bertz CT molecular complexity index is 421. The van der Waals surface area contributed by atoms with Crippen LogP contribution in [0.5, 0.6) is 0 Å². The Morgan fingerprint density at radius 1 is 1.24 bits per heavy atom. The zero-order valence-corrected chi connectivity index (χ0v) is 9.94. The van der Waals surface area contributed by atoms with Gasteiger partial charge < -0.3 is 4.74 Å². The fourth-order valence-electron chi connectivity index (χ4n) is 2.33. The highest BCUT2D eigenvalue weighted by atomic mass is 16.5. The topological polar surface area (TPSA) is 43.4 Å². The van der Waals surface area contributed by atoms with Crippen LogP contribution in [-0.4, -0.2) is 18.7 Å². The van der Waals surface area contributed by atoms with E-state index in [2.05, 4.69) is 0 Å². The van der Waals surface area contributed by atoms with Crippen molar-refractivity contribution in [3.05, 3.63) is 35.4 Å². The Morgan fingerprint density at radius 3 is 2.59 bits per heavy atom. The standard InChI is InChI=1S/C14H16O3/c1-17-9-10-3-2-4-11(5-10)12-6-13(15)8-14(16)7-12/h2-5,12H,6-9H2,1H3. The Kier molecular flexibility index (Phi) is 3.69. The molecule has 17 heavy (non-hydrogen) atoms. The average Bonchev–Trinajstić information content (AvgIpc) is 2.28. The second-order valence-corrected chi connectivity index (χ2v) is 4.54. The van der Waals surface area contributed by atoms with E-state index >= 15 is 0 Å². The molecule has 0 radical (unpaired) electrons. The van der Waals surface area contributed by atoms with Crippen LogP contribution >= 0.6 is 0 Å². The SMILES string of the molecule is COCc1cccc(C2CC(=O)CC(=O)C2)c1. The van der Waals surface area contributed by atoms with Crippen LogP contribution in [0.4, 0.5) is 0 Å². The molecule has 1 aromatic rings. The van der Waals surface area contributed by atoms with E-state index < -0.39 is 0 Å². The van der Waals surface area contributed by atoms with Crippen LogP contribution in [0, 0.1) is 0 Å². The van der Waals surface area contributed by atoms with Crippen LogP contribution in [0.25, 0.3) is 0 Å². The molecular weight excluding hydrogens is 216 g/mol. The third kappa shape index (κ3) is 3.01. The first-order chi connectivity index (χ1) is 8.19. The maximum Gasteiger partial charge on any atom is 0.140 e. The van der Waals surface area contributed by atoms with Crippen LogP contribution in [0.15, 0.2) is 24.3 Å². The second-order valence-electron chi connectivity index (χ2n) is 4.54. The van der Waals surface area contributed by atoms with Crippen LogP contribution in [0.2, 0.25) is 0 Å². The first kappa shape index (κ1) is 12.0. The molecule has 1 saturated carbocycles. The van der Waals surface area contributed by atoms with Crippen molar-refractivity contribution >= 4 is 11.6 Å². The summed E-state index contributed by atoms with van der Waals surface area (Å²) >= 11 is 0. The Balaban J connectivity index is 2.18. The van der Waals surface area contributed by atoms with E-state index in [1.165, 1.54) is 0 Å². The van der Waals surface area contributed by atoms with Crippen LogP contribution in [0.3, 0.4) is 0 Å². The minimum absolute atomic E-state index is 0.0561. The molecule has 0 saturated heterocycles. The molecule has 0 unspecified atom stereocenters. The summed E-state index contributed by atoms with van der Waals surface area (Å²) in [6.45, 7) is 0.558. The molecule has 1 aromatic carbocycles. The number of Topliss-reactive ketones (excluding diaryl/α,β-unsaturated/α-hetero) is 2. The fourth-order valence-corrected chi connectivity index (χ4v) is 2.33. The number of hydrogen-bond acceptors (Lipinski definition) is 3. The smallest absolute Gasteiger partial charge is 0.140 e. The van der Waals surface area contributed by atoms with E-state index in [9.17, 15) is 9.59 Å². The molecule has 1 fully saturated rings. The molecule has 1 aliphatic rings. The maximum atomic E-state index is 11.4. The van der Waals surface area contributed by atoms with Crippen molar-refractivity contribution in [3.63, 3.8) is 0 Å². The molecule has 1 aliphatic carbocycles. The highest BCUT2D eigenvalue weighted by Gasteiger charge is 2.26. The highest BCUT2D eigenvalue weighted by Crippen LogP contribution is 2.29. The lowest BCUT2D eigenvalue weighted by Crippen LogP contribution is -2.21. The van der Waals surface area contributed by atoms with Crippen molar-refractivity contribution in [1.82, 2.24) is 0 Å². The zero-order valence-electron chi connectivity index (χ0n) is 9.94. The molecule has 2 rings (SSSR count). The fraction of sp³-hybridized carbons (Fsp3) is 0.429. The van der Waals surface area contributed by atoms with E-state index in [4.69, 9.17) is 4.74 Å². The van der Waals surface area contributed by atoms with Crippen molar-refractivity contribution in [2.75, 3.05) is 7.11 Å². The number of benzene rings is 1. The number of methoxy groups -OCH3 is 1. The van der Waals surface area contributed by atoms with Gasteiger partial charge in [-0.2, -0.15) is 0 Å². The molecule has 0 bridgehead atoms. The lowest BCUT2D eigenvalue weighted by molar-refractivity contribution is -0.130. The predicted molar refractivity (Wildman–Crippen MR) is 63.8 cm³/mol. The number of ketones is 2. The first-order valence-corrected chi connectivity index (χ1v) is 5.80. The zero-order chi connectivity index (χ0) is 12.3. The van der Waals surface area contributed by atoms with Crippen molar-refractivity contribution in [1.29, 1.82) is 0 Å². The molecule has 0 aromatic heterocycles. The van der Waals surface area contributed by atoms with Gasteiger partial charge in [-0.05, 0) is 17.0 Å². The molecular formula is C14H16O3. The molecule has 0 atom stereocenters. The summed E-state index contributed by atoms with van der Waals surface area (Å²) in [7, 11) is 1.65. The van der Waals surface area contributed by atoms with Gasteiger partial charge in [0.05, 0.1) is 13.0 Å². The number of hydrogen-bond donors (Lipinski definition) is 0. The van der Waals surface area contributed by atoms with Crippen molar-refractivity contribution in [2.45, 2.75) is 31.8 Å². The Labute approximate surface area is 101 Å². The van der Waals surface area contributed by atoms with E-state index in [1.807, 2.05) is 24.3 Å². The minimum Gasteiger partial charge on any atom is -0.380 e. The number of rotatable bonds is 3. The normalized spacial score (nSPS) is 17.5. The van der Waals surface area contributed by atoms with Crippen molar-refractivity contribution in [2.24, 2.45) is 0 Å². The van der Waals surface area contributed by atoms with Gasteiger partial charge in [0, 0.05) is 20.0 Å². The van der Waals surface area contributed by atoms with E-state index in [0.717, 1.165) is 11.1 Å². The summed E-state index contributed by atoms with van der Waals surface area (Å²) in [6, 6.07) is 7.95. The highest BCUT2D eigenvalue weighted by molar-refractivity contribution is 6.02. The average molecular weight is 232 g/mol. The largest absolute Gasteiger partial charge is 0.380 e. The van der Waals surface area contributed by atoms with Crippen LogP contribution in [0.1, 0.15) is 36.3 Å². The molecule has 0 spiro atoms. The first-order valence-electron chi connectivity index (χ1n) is 5.80. The molecule has 3 nitrogen and oxygen atoms in total. The second kappa shape index (κ2) is 5.23. The van der Waals surface area contributed by atoms with E-state index in [-0.39, 0.29) is 23.9 Å². The summed E-state index contributed by atoms with van der Waals surface area (Å²) in [4.78, 5) is 22.8. The van der Waals surface area contributed by atoms with Gasteiger partial charge in [-0.25, -0.2) is 0 Å². The maximum absolute atomic E-state index is 11.4. The van der Waals surface area contributed by atoms with Crippen molar-refractivity contribution < 1.29 is 14.3 Å². The number of carbonyl (C=O) groups excluding carboxylic acids is 2. The summed E-state index contributed by atoms with van der Waals surface area (Å²) in [5.41, 5.74) is 2.15. The quantitative estimate of drug-likeness (QED) is 0.751. The van der Waals surface area contributed by atoms with E-state index in [1.54, 1.807) is 7.11 Å². The molecule has 0 N–H and O–H groups in total. The summed E-state index contributed by atoms with van der Waals surface area (Å²) < 4.78 is 5.08. The summed E-state index contributed by atoms with van der Waals surface area (Å²) in [6.07, 6.45) is 1.10. The summed E-state index contributed by atoms with van der Waals surface area (Å²) in [5.74, 6) is 0.173. The third-order valence-electron chi connectivity index (χ3n) is 3.08. The lowest BCUT2D eigenvalue weighted by Gasteiger charge is -2.20. The number of ether oxygens (including phenoxy) is 1. The van der Waals surface area contributed by atoms with Crippen LogP contribution < -0.4 is 0 Å². The van der Waals surface area contributed by atoms with Gasteiger partial charge in [-0.15, -0.1) is 0 Å². The Hall–Kier alpha value is -1.48. The van der Waals surface area contributed by atoms with Gasteiger partial charge in [0.25, 0.3) is 0 Å². The van der Waals surface area contributed by atoms with Gasteiger partial charge in [0.15, 0.2) is 0 Å². The van der Waals surface area contributed by atoms with Crippen molar-refractivity contribution in [3.8, 4) is 0 Å². The molecule has 90 valence electrons. The van der Waals surface area contributed by atoms with Crippen LogP contribution in [-0.2, 0) is 20.9 Å². The number of carbonyl (C=O) groups is 2. The molecule has 0 amide bonds. The third-order valence-corrected chi connectivity index (χ3v) is 3.08. The monoisotopic (exact) mass is 232 g/mol. The van der Waals surface area contributed by atoms with Gasteiger partial charge in [-0.1, -0.05) is 24.3 Å². The minimum atomic E-state index is 0.0561. The van der Waals surface area contributed by atoms with Gasteiger partial charge in [0.2, 0.25) is 0 Å².